The van der Waals surface area contributed by atoms with E-state index in [1.165, 1.54) is 12.1 Å². The zero-order chi connectivity index (χ0) is 21.0. The average Bonchev–Trinajstić information content (AvgIpc) is 3.06. The largest absolute Gasteiger partial charge is 0.481 e. The summed E-state index contributed by atoms with van der Waals surface area (Å²) >= 11 is 0. The van der Waals surface area contributed by atoms with Crippen LogP contribution in [-0.2, 0) is 4.79 Å². The summed E-state index contributed by atoms with van der Waals surface area (Å²) in [5.74, 6) is -2.11. The Balaban J connectivity index is 2.07. The lowest BCUT2D eigenvalue weighted by Crippen LogP contribution is -2.06. The summed E-state index contributed by atoms with van der Waals surface area (Å²) in [4.78, 5) is 15.5. The van der Waals surface area contributed by atoms with Crippen LogP contribution in [-0.4, -0.2) is 29.3 Å². The molecule has 10 heteroatoms. The Hall–Kier alpha value is -3.56. The van der Waals surface area contributed by atoms with Crippen LogP contribution in [0.2, 0.25) is 0 Å². The molecule has 29 heavy (non-hydrogen) atoms. The molecular formula is C19H13F4NO5. The second kappa shape index (κ2) is 8.63. The highest BCUT2D eigenvalue weighted by molar-refractivity contribution is 5.91. The van der Waals surface area contributed by atoms with E-state index in [9.17, 15) is 27.5 Å². The summed E-state index contributed by atoms with van der Waals surface area (Å²) in [7, 11) is 0. The van der Waals surface area contributed by atoms with Gasteiger partial charge in [-0.15, -0.1) is 0 Å². The summed E-state index contributed by atoms with van der Waals surface area (Å²) in [5.41, 5.74) is 0.952. The lowest BCUT2D eigenvalue weighted by molar-refractivity contribution is -0.135. The average molecular weight is 411 g/mol. The van der Waals surface area contributed by atoms with Gasteiger partial charge in [-0.1, -0.05) is 12.1 Å². The Bertz CT molecular complexity index is 1020. The van der Waals surface area contributed by atoms with Crippen molar-refractivity contribution in [3.8, 4) is 11.5 Å². The lowest BCUT2D eigenvalue weighted by Gasteiger charge is -2.12. The molecule has 6 nitrogen and oxygen atoms in total. The van der Waals surface area contributed by atoms with E-state index in [-0.39, 0.29) is 17.0 Å². The number of aromatic nitrogens is 1. The molecule has 0 aliphatic heterocycles. The van der Waals surface area contributed by atoms with E-state index in [0.29, 0.717) is 11.1 Å². The fraction of sp³-hybridized carbons (Fsp3) is 0.158. The number of benzene rings is 2. The Morgan fingerprint density at radius 3 is 2.48 bits per heavy atom. The molecular weight excluding hydrogens is 398 g/mol. The lowest BCUT2D eigenvalue weighted by atomic mass is 10.1. The topological polar surface area (TPSA) is 81.8 Å². The minimum Gasteiger partial charge on any atom is -0.481 e. The Labute approximate surface area is 161 Å². The van der Waals surface area contributed by atoms with Crippen LogP contribution in [0.4, 0.5) is 17.6 Å². The molecule has 2 aromatic carbocycles. The summed E-state index contributed by atoms with van der Waals surface area (Å²) < 4.78 is 64.4. The van der Waals surface area contributed by atoms with E-state index < -0.39 is 37.1 Å². The number of alkyl halides is 4. The Kier molecular flexibility index (Phi) is 6.01. The van der Waals surface area contributed by atoms with Gasteiger partial charge in [0.2, 0.25) is 5.89 Å². The molecule has 0 fully saturated rings. The third kappa shape index (κ3) is 5.24. The summed E-state index contributed by atoms with van der Waals surface area (Å²) in [5, 5.41) is 9.19. The number of oxazole rings is 1. The highest BCUT2D eigenvalue weighted by Crippen LogP contribution is 2.32. The maximum atomic E-state index is 12.7. The SMILES string of the molecule is O=C(O)CC(=Cc1ccc(OC(F)F)cc1OC(F)F)c1nc2ccccc2o1. The van der Waals surface area contributed by atoms with Gasteiger partial charge in [0.1, 0.15) is 17.0 Å². The number of aliphatic carboxylic acids is 1. The van der Waals surface area contributed by atoms with Gasteiger partial charge in [-0.2, -0.15) is 17.6 Å². The van der Waals surface area contributed by atoms with Gasteiger partial charge in [-0.3, -0.25) is 4.79 Å². The van der Waals surface area contributed by atoms with Gasteiger partial charge in [-0.05, 0) is 30.3 Å². The minimum atomic E-state index is -3.24. The van der Waals surface area contributed by atoms with E-state index in [1.807, 2.05) is 0 Å². The smallest absolute Gasteiger partial charge is 0.387 e. The first-order valence-corrected chi connectivity index (χ1v) is 8.14. The van der Waals surface area contributed by atoms with Crippen molar-refractivity contribution >= 4 is 28.7 Å². The van der Waals surface area contributed by atoms with E-state index in [2.05, 4.69) is 14.5 Å². The summed E-state index contributed by atoms with van der Waals surface area (Å²) in [6, 6.07) is 9.85. The molecule has 0 aliphatic carbocycles. The number of para-hydroxylation sites is 2. The number of hydrogen-bond donors (Lipinski definition) is 1. The first-order chi connectivity index (χ1) is 13.8. The molecule has 3 rings (SSSR count). The molecule has 0 amide bonds. The predicted molar refractivity (Wildman–Crippen MR) is 93.8 cm³/mol. The first kappa shape index (κ1) is 20.2. The van der Waals surface area contributed by atoms with Gasteiger partial charge in [0.05, 0.1) is 6.42 Å². The van der Waals surface area contributed by atoms with Crippen molar-refractivity contribution in [3.63, 3.8) is 0 Å². The number of carboxylic acids is 1. The number of rotatable bonds is 8. The van der Waals surface area contributed by atoms with E-state index >= 15 is 0 Å². The van der Waals surface area contributed by atoms with E-state index in [1.54, 1.807) is 24.3 Å². The predicted octanol–water partition coefficient (Wildman–Crippen LogP) is 5.05. The number of carboxylic acid groups (broad SMARTS) is 1. The number of fused-ring (bicyclic) bond motifs is 1. The molecule has 0 atom stereocenters. The molecule has 0 aliphatic rings. The quantitative estimate of drug-likeness (QED) is 0.523. The maximum Gasteiger partial charge on any atom is 0.387 e. The van der Waals surface area contributed by atoms with Crippen LogP contribution in [0, 0.1) is 0 Å². The number of ether oxygens (including phenoxy) is 2. The van der Waals surface area contributed by atoms with Gasteiger partial charge in [0.15, 0.2) is 5.58 Å². The van der Waals surface area contributed by atoms with Gasteiger partial charge < -0.3 is 19.0 Å². The summed E-state index contributed by atoms with van der Waals surface area (Å²) in [6.07, 6.45) is 0.693. The van der Waals surface area contributed by atoms with Crippen LogP contribution in [0.15, 0.2) is 46.9 Å². The molecule has 0 radical (unpaired) electrons. The Morgan fingerprint density at radius 2 is 1.83 bits per heavy atom. The highest BCUT2D eigenvalue weighted by Gasteiger charge is 2.17. The second-order valence-corrected chi connectivity index (χ2v) is 5.68. The number of nitrogens with zero attached hydrogens (tertiary/aromatic N) is 1. The number of carbonyl (C=O) groups is 1. The van der Waals surface area contributed by atoms with E-state index in [0.717, 1.165) is 12.1 Å². The molecule has 3 aromatic rings. The fourth-order valence-electron chi connectivity index (χ4n) is 2.56. The standard InChI is InChI=1S/C19H13F4NO5/c20-18(21)27-12-6-5-10(15(9-12)29-19(22)23)7-11(8-16(25)26)17-24-13-3-1-2-4-14(13)28-17/h1-7,9,18-19H,8H2,(H,25,26). The van der Waals surface area contributed by atoms with Crippen LogP contribution in [0.5, 0.6) is 11.5 Å². The van der Waals surface area contributed by atoms with Crippen molar-refractivity contribution in [2.75, 3.05) is 0 Å². The van der Waals surface area contributed by atoms with Crippen molar-refractivity contribution in [1.29, 1.82) is 0 Å². The molecule has 1 heterocycles. The van der Waals surface area contributed by atoms with Crippen LogP contribution in [0.1, 0.15) is 17.9 Å². The Morgan fingerprint density at radius 1 is 1.10 bits per heavy atom. The zero-order valence-electron chi connectivity index (χ0n) is 14.5. The fourth-order valence-corrected chi connectivity index (χ4v) is 2.56. The van der Waals surface area contributed by atoms with Crippen LogP contribution in [0.25, 0.3) is 22.7 Å². The third-order valence-corrected chi connectivity index (χ3v) is 3.67. The van der Waals surface area contributed by atoms with Crippen LogP contribution in [0.3, 0.4) is 0 Å². The number of hydrogen-bond acceptors (Lipinski definition) is 5. The zero-order valence-corrected chi connectivity index (χ0v) is 14.5. The monoisotopic (exact) mass is 411 g/mol. The molecule has 1 N–H and O–H groups in total. The highest BCUT2D eigenvalue weighted by atomic mass is 19.3. The number of halogens is 4. The second-order valence-electron chi connectivity index (χ2n) is 5.68. The molecule has 0 unspecified atom stereocenters. The summed E-state index contributed by atoms with van der Waals surface area (Å²) in [6.45, 7) is -6.39. The minimum absolute atomic E-state index is 0.00502. The van der Waals surface area contributed by atoms with Crippen LogP contribution >= 0.6 is 0 Å². The van der Waals surface area contributed by atoms with Crippen molar-refractivity contribution < 1.29 is 41.4 Å². The van der Waals surface area contributed by atoms with Gasteiger partial charge in [0.25, 0.3) is 0 Å². The molecule has 0 bridgehead atoms. The first-order valence-electron chi connectivity index (χ1n) is 8.14. The molecule has 152 valence electrons. The van der Waals surface area contributed by atoms with Crippen molar-refractivity contribution in [2.45, 2.75) is 19.6 Å². The van der Waals surface area contributed by atoms with Gasteiger partial charge >= 0.3 is 19.2 Å². The molecule has 0 saturated heterocycles. The molecule has 1 aromatic heterocycles. The van der Waals surface area contributed by atoms with Crippen molar-refractivity contribution in [2.24, 2.45) is 0 Å². The molecule has 0 saturated carbocycles. The van der Waals surface area contributed by atoms with Crippen LogP contribution < -0.4 is 9.47 Å². The third-order valence-electron chi connectivity index (χ3n) is 3.67. The van der Waals surface area contributed by atoms with E-state index in [4.69, 9.17) is 4.42 Å². The van der Waals surface area contributed by atoms with Gasteiger partial charge in [0, 0.05) is 17.2 Å². The maximum absolute atomic E-state index is 12.7. The van der Waals surface area contributed by atoms with Crippen molar-refractivity contribution in [1.82, 2.24) is 4.98 Å². The van der Waals surface area contributed by atoms with Crippen molar-refractivity contribution in [3.05, 3.63) is 53.9 Å². The molecule has 0 spiro atoms. The normalized spacial score (nSPS) is 12.0. The van der Waals surface area contributed by atoms with Gasteiger partial charge in [-0.25, -0.2) is 4.98 Å².